The minimum atomic E-state index is -0.699. The van der Waals surface area contributed by atoms with Gasteiger partial charge < -0.3 is 18.8 Å². The summed E-state index contributed by atoms with van der Waals surface area (Å²) in [5, 5.41) is 4.67. The first kappa shape index (κ1) is 23.7. The van der Waals surface area contributed by atoms with E-state index in [1.807, 2.05) is 54.1 Å². The third kappa shape index (κ3) is 4.93. The van der Waals surface area contributed by atoms with Crippen LogP contribution in [0.5, 0.6) is 5.75 Å². The molecule has 0 fully saturated rings. The number of carbonyl (C=O) groups is 2. The summed E-state index contributed by atoms with van der Waals surface area (Å²) in [6.45, 7) is 3.11. The van der Waals surface area contributed by atoms with Crippen LogP contribution in [-0.4, -0.2) is 52.1 Å². The molecule has 0 aliphatic rings. The van der Waals surface area contributed by atoms with Crippen molar-refractivity contribution in [1.29, 1.82) is 0 Å². The van der Waals surface area contributed by atoms with Crippen molar-refractivity contribution in [2.75, 3.05) is 20.8 Å². The third-order valence-corrected chi connectivity index (χ3v) is 5.36. The normalized spacial score (nSPS) is 10.7. The molecule has 2 aromatic heterocycles. The maximum absolute atomic E-state index is 12.9. The molecule has 0 N–H and O–H groups in total. The van der Waals surface area contributed by atoms with E-state index in [1.54, 1.807) is 24.7 Å². The minimum Gasteiger partial charge on any atom is -0.493 e. The number of benzene rings is 2. The van der Waals surface area contributed by atoms with Crippen molar-refractivity contribution in [3.8, 4) is 22.7 Å². The smallest absolute Gasteiger partial charge is 0.357 e. The van der Waals surface area contributed by atoms with Gasteiger partial charge >= 0.3 is 11.9 Å². The van der Waals surface area contributed by atoms with Gasteiger partial charge in [0, 0.05) is 23.5 Å². The van der Waals surface area contributed by atoms with E-state index in [0.29, 0.717) is 30.1 Å². The van der Waals surface area contributed by atoms with E-state index in [1.165, 1.54) is 18.9 Å². The van der Waals surface area contributed by atoms with Crippen LogP contribution >= 0.6 is 0 Å². The Labute approximate surface area is 202 Å². The second-order valence-corrected chi connectivity index (χ2v) is 7.71. The Hall–Kier alpha value is -4.40. The van der Waals surface area contributed by atoms with Crippen LogP contribution in [0.1, 0.15) is 39.8 Å². The summed E-state index contributed by atoms with van der Waals surface area (Å²) in [5.74, 6) is -0.667. The van der Waals surface area contributed by atoms with Gasteiger partial charge in [0.2, 0.25) is 0 Å². The Kier molecular flexibility index (Phi) is 7.25. The van der Waals surface area contributed by atoms with Crippen molar-refractivity contribution < 1.29 is 23.8 Å². The molecule has 9 nitrogen and oxygen atoms in total. The van der Waals surface area contributed by atoms with Gasteiger partial charge in [0.25, 0.3) is 0 Å². The van der Waals surface area contributed by atoms with Crippen LogP contribution in [0, 0.1) is 0 Å². The van der Waals surface area contributed by atoms with Crippen molar-refractivity contribution in [2.45, 2.75) is 19.9 Å². The molecule has 2 aromatic carbocycles. The molecule has 4 aromatic rings. The molecular weight excluding hydrogens is 448 g/mol. The second kappa shape index (κ2) is 10.7. The zero-order valence-corrected chi connectivity index (χ0v) is 19.8. The van der Waals surface area contributed by atoms with Gasteiger partial charge in [0.1, 0.15) is 17.0 Å². The fourth-order valence-electron chi connectivity index (χ4n) is 3.74. The Morgan fingerprint density at radius 2 is 1.77 bits per heavy atom. The zero-order valence-electron chi connectivity index (χ0n) is 19.8. The van der Waals surface area contributed by atoms with E-state index in [-0.39, 0.29) is 11.3 Å². The van der Waals surface area contributed by atoms with Crippen molar-refractivity contribution in [1.82, 2.24) is 19.3 Å². The lowest BCUT2D eigenvalue weighted by molar-refractivity contribution is 0.0549. The molecule has 9 heteroatoms. The van der Waals surface area contributed by atoms with Crippen LogP contribution in [0.15, 0.2) is 67.3 Å². The molecule has 0 atom stereocenters. The molecule has 0 amide bonds. The first-order valence-corrected chi connectivity index (χ1v) is 11.1. The topological polar surface area (TPSA) is 97.5 Å². The Morgan fingerprint density at radius 3 is 2.43 bits per heavy atom. The van der Waals surface area contributed by atoms with Crippen molar-refractivity contribution >= 4 is 11.9 Å². The largest absolute Gasteiger partial charge is 0.493 e. The SMILES string of the molecule is CCCOc1ccc(-c2nn(-c3ccccc3)c(C(=O)OC)c2C(=O)OC)cc1Cn1ccnc1. The summed E-state index contributed by atoms with van der Waals surface area (Å²) >= 11 is 0. The molecule has 0 radical (unpaired) electrons. The van der Waals surface area contributed by atoms with E-state index in [4.69, 9.17) is 14.2 Å². The molecular formula is C26H26N4O5. The number of rotatable bonds is 9. The monoisotopic (exact) mass is 474 g/mol. The summed E-state index contributed by atoms with van der Waals surface area (Å²) in [5.41, 5.74) is 2.42. The highest BCUT2D eigenvalue weighted by Gasteiger charge is 2.31. The van der Waals surface area contributed by atoms with Gasteiger partial charge in [-0.3, -0.25) is 0 Å². The number of methoxy groups -OCH3 is 2. The van der Waals surface area contributed by atoms with Crippen LogP contribution < -0.4 is 4.74 Å². The van der Waals surface area contributed by atoms with Gasteiger partial charge in [-0.2, -0.15) is 5.10 Å². The molecule has 0 aliphatic heterocycles. The Morgan fingerprint density at radius 1 is 1.00 bits per heavy atom. The van der Waals surface area contributed by atoms with Gasteiger partial charge in [-0.25, -0.2) is 19.3 Å². The van der Waals surface area contributed by atoms with Crippen molar-refractivity contribution in [3.63, 3.8) is 0 Å². The number of aromatic nitrogens is 4. The maximum atomic E-state index is 12.9. The average molecular weight is 475 g/mol. The van der Waals surface area contributed by atoms with E-state index in [9.17, 15) is 9.59 Å². The molecule has 0 spiro atoms. The van der Waals surface area contributed by atoms with E-state index in [2.05, 4.69) is 10.1 Å². The molecule has 0 unspecified atom stereocenters. The van der Waals surface area contributed by atoms with Crippen LogP contribution in [-0.2, 0) is 16.0 Å². The molecule has 0 saturated heterocycles. The average Bonchev–Trinajstić information content (AvgIpc) is 3.55. The fraction of sp³-hybridized carbons (Fsp3) is 0.231. The molecule has 180 valence electrons. The zero-order chi connectivity index (χ0) is 24.8. The number of imidazole rings is 1. The molecule has 0 saturated carbocycles. The number of para-hydroxylation sites is 1. The van der Waals surface area contributed by atoms with Gasteiger partial charge in [-0.05, 0) is 36.8 Å². The van der Waals surface area contributed by atoms with Crippen molar-refractivity contribution in [3.05, 3.63) is 84.1 Å². The number of hydrogen-bond donors (Lipinski definition) is 0. The summed E-state index contributed by atoms with van der Waals surface area (Å²) in [7, 11) is 2.52. The summed E-state index contributed by atoms with van der Waals surface area (Å²) in [6, 6.07) is 14.6. The lowest BCUT2D eigenvalue weighted by Gasteiger charge is -2.13. The van der Waals surface area contributed by atoms with E-state index in [0.717, 1.165) is 17.7 Å². The highest BCUT2D eigenvalue weighted by molar-refractivity contribution is 6.06. The summed E-state index contributed by atoms with van der Waals surface area (Å²) < 4.78 is 19.3. The number of ether oxygens (including phenoxy) is 3. The van der Waals surface area contributed by atoms with Crippen LogP contribution in [0.4, 0.5) is 0 Å². The molecule has 0 bridgehead atoms. The lowest BCUT2D eigenvalue weighted by Crippen LogP contribution is -2.15. The number of carbonyl (C=O) groups excluding carboxylic acids is 2. The molecule has 2 heterocycles. The van der Waals surface area contributed by atoms with E-state index >= 15 is 0 Å². The highest BCUT2D eigenvalue weighted by atomic mass is 16.5. The quantitative estimate of drug-likeness (QED) is 0.336. The molecule has 35 heavy (non-hydrogen) atoms. The van der Waals surface area contributed by atoms with Crippen LogP contribution in [0.25, 0.3) is 16.9 Å². The maximum Gasteiger partial charge on any atom is 0.357 e. The van der Waals surface area contributed by atoms with E-state index < -0.39 is 11.9 Å². The first-order valence-electron chi connectivity index (χ1n) is 11.1. The van der Waals surface area contributed by atoms with Gasteiger partial charge in [0.15, 0.2) is 5.69 Å². The lowest BCUT2D eigenvalue weighted by atomic mass is 10.0. The first-order chi connectivity index (χ1) is 17.1. The molecule has 0 aliphatic carbocycles. The van der Waals surface area contributed by atoms with Crippen LogP contribution in [0.2, 0.25) is 0 Å². The predicted octanol–water partition coefficient (Wildman–Crippen LogP) is 4.15. The summed E-state index contributed by atoms with van der Waals surface area (Å²) in [6.07, 6.45) is 6.14. The highest BCUT2D eigenvalue weighted by Crippen LogP contribution is 2.32. The fourth-order valence-corrected chi connectivity index (χ4v) is 3.74. The van der Waals surface area contributed by atoms with Gasteiger partial charge in [0.05, 0.1) is 39.4 Å². The van der Waals surface area contributed by atoms with Gasteiger partial charge in [-0.1, -0.05) is 25.1 Å². The Bertz CT molecular complexity index is 1310. The number of nitrogens with zero attached hydrogens (tertiary/aromatic N) is 4. The van der Waals surface area contributed by atoms with Gasteiger partial charge in [-0.15, -0.1) is 0 Å². The standard InChI is InChI=1S/C26H26N4O5/c1-4-14-35-21-11-10-18(15-19(21)16-29-13-12-27-17-29)23-22(25(31)33-2)24(26(32)34-3)30(28-23)20-8-6-5-7-9-20/h5-13,15,17H,4,14,16H2,1-3H3. The molecule has 4 rings (SSSR count). The van der Waals surface area contributed by atoms with Crippen molar-refractivity contribution in [2.24, 2.45) is 0 Å². The van der Waals surface area contributed by atoms with Crippen LogP contribution in [0.3, 0.4) is 0 Å². The third-order valence-electron chi connectivity index (χ3n) is 5.36. The minimum absolute atomic E-state index is 0.0111. The number of hydrogen-bond acceptors (Lipinski definition) is 7. The Balaban J connectivity index is 1.92. The number of esters is 2. The second-order valence-electron chi connectivity index (χ2n) is 7.71. The summed E-state index contributed by atoms with van der Waals surface area (Å²) in [4.78, 5) is 29.9. The predicted molar refractivity (Wildman–Crippen MR) is 129 cm³/mol.